The Kier molecular flexibility index (Phi) is 5.50. The molecule has 1 N–H and O–H groups in total. The van der Waals surface area contributed by atoms with Gasteiger partial charge < -0.3 is 9.73 Å². The molecule has 1 saturated carbocycles. The highest BCUT2D eigenvalue weighted by molar-refractivity contribution is 8.00. The van der Waals surface area contributed by atoms with E-state index in [1.165, 1.54) is 31.0 Å². The van der Waals surface area contributed by atoms with Crippen molar-refractivity contribution in [3.8, 4) is 11.5 Å². The van der Waals surface area contributed by atoms with E-state index in [9.17, 15) is 4.79 Å². The number of pyridine rings is 1. The van der Waals surface area contributed by atoms with Gasteiger partial charge in [-0.15, -0.1) is 10.2 Å². The number of aromatic nitrogens is 3. The predicted octanol–water partition coefficient (Wildman–Crippen LogP) is 3.31. The highest BCUT2D eigenvalue weighted by Gasteiger charge is 2.26. The van der Waals surface area contributed by atoms with Gasteiger partial charge in [0.05, 0.1) is 5.25 Å². The second-order valence-electron chi connectivity index (χ2n) is 6.25. The van der Waals surface area contributed by atoms with Crippen LogP contribution in [0, 0.1) is 5.92 Å². The number of thioether (sulfide) groups is 1. The molecule has 0 aromatic carbocycles. The smallest absolute Gasteiger partial charge is 0.277 e. The van der Waals surface area contributed by atoms with Crippen LogP contribution < -0.4 is 5.32 Å². The first-order valence-corrected chi connectivity index (χ1v) is 9.22. The lowest BCUT2D eigenvalue weighted by Gasteiger charge is -2.30. The molecule has 0 radical (unpaired) electrons. The summed E-state index contributed by atoms with van der Waals surface area (Å²) in [5, 5.41) is 11.4. The lowest BCUT2D eigenvalue weighted by Crippen LogP contribution is -2.44. The van der Waals surface area contributed by atoms with Gasteiger partial charge in [-0.1, -0.05) is 31.5 Å². The van der Waals surface area contributed by atoms with Crippen LogP contribution in [0.15, 0.2) is 34.2 Å². The maximum atomic E-state index is 12.4. The molecule has 2 heterocycles. The molecule has 3 unspecified atom stereocenters. The van der Waals surface area contributed by atoms with Crippen molar-refractivity contribution in [2.24, 2.45) is 5.92 Å². The minimum absolute atomic E-state index is 0.0300. The molecule has 1 aliphatic rings. The Bertz CT molecular complexity index is 676. The van der Waals surface area contributed by atoms with Crippen molar-refractivity contribution in [3.63, 3.8) is 0 Å². The number of carbonyl (C=O) groups is 1. The molecular formula is C17H22N4O2S. The fourth-order valence-corrected chi connectivity index (χ4v) is 3.60. The highest BCUT2D eigenvalue weighted by atomic mass is 32.2. The highest BCUT2D eigenvalue weighted by Crippen LogP contribution is 2.27. The number of nitrogens with zero attached hydrogens (tertiary/aromatic N) is 3. The van der Waals surface area contributed by atoms with Gasteiger partial charge >= 0.3 is 0 Å². The third-order valence-electron chi connectivity index (χ3n) is 4.42. The molecule has 3 rings (SSSR count). The average Bonchev–Trinajstić information content (AvgIpc) is 3.06. The second kappa shape index (κ2) is 7.79. The number of carbonyl (C=O) groups excluding carboxylic acids is 1. The summed E-state index contributed by atoms with van der Waals surface area (Å²) in [6.07, 6.45) is 8.05. The van der Waals surface area contributed by atoms with Crippen molar-refractivity contribution in [2.45, 2.75) is 56.0 Å². The van der Waals surface area contributed by atoms with Crippen LogP contribution in [0.25, 0.3) is 11.5 Å². The first-order valence-electron chi connectivity index (χ1n) is 8.34. The van der Waals surface area contributed by atoms with Crippen molar-refractivity contribution in [3.05, 3.63) is 24.5 Å². The fraction of sp³-hybridized carbons (Fsp3) is 0.529. The van der Waals surface area contributed by atoms with Crippen molar-refractivity contribution in [1.29, 1.82) is 0 Å². The molecule has 2 aromatic heterocycles. The summed E-state index contributed by atoms with van der Waals surface area (Å²) in [6, 6.07) is 3.90. The van der Waals surface area contributed by atoms with Crippen LogP contribution >= 0.6 is 11.8 Å². The zero-order valence-electron chi connectivity index (χ0n) is 13.9. The Labute approximate surface area is 145 Å². The molecule has 0 saturated heterocycles. The topological polar surface area (TPSA) is 80.9 Å². The molecule has 0 aliphatic heterocycles. The van der Waals surface area contributed by atoms with Gasteiger partial charge in [-0.25, -0.2) is 0 Å². The van der Waals surface area contributed by atoms with E-state index < -0.39 is 0 Å². The van der Waals surface area contributed by atoms with Gasteiger partial charge in [0.15, 0.2) is 0 Å². The lowest BCUT2D eigenvalue weighted by molar-refractivity contribution is -0.121. The van der Waals surface area contributed by atoms with Crippen molar-refractivity contribution in [2.75, 3.05) is 0 Å². The number of hydrogen-bond donors (Lipinski definition) is 1. The van der Waals surface area contributed by atoms with Gasteiger partial charge in [-0.3, -0.25) is 9.78 Å². The molecule has 7 heteroatoms. The molecule has 3 atom stereocenters. The van der Waals surface area contributed by atoms with Crippen LogP contribution in [-0.4, -0.2) is 32.4 Å². The molecule has 6 nitrogen and oxygen atoms in total. The van der Waals surface area contributed by atoms with Gasteiger partial charge in [0, 0.05) is 24.0 Å². The lowest BCUT2D eigenvalue weighted by atomic mass is 9.86. The number of rotatable bonds is 5. The van der Waals surface area contributed by atoms with Crippen LogP contribution in [0.3, 0.4) is 0 Å². The van der Waals surface area contributed by atoms with Gasteiger partial charge in [-0.05, 0) is 37.8 Å². The Morgan fingerprint density at radius 2 is 2.04 bits per heavy atom. The van der Waals surface area contributed by atoms with Crippen molar-refractivity contribution < 1.29 is 9.21 Å². The van der Waals surface area contributed by atoms with Gasteiger partial charge in [0.25, 0.3) is 5.22 Å². The summed E-state index contributed by atoms with van der Waals surface area (Å²) in [4.78, 5) is 16.4. The van der Waals surface area contributed by atoms with Gasteiger partial charge in [-0.2, -0.15) is 0 Å². The van der Waals surface area contributed by atoms with Gasteiger partial charge in [0.1, 0.15) is 0 Å². The molecule has 0 bridgehead atoms. The van der Waals surface area contributed by atoms with E-state index in [0.29, 0.717) is 17.0 Å². The zero-order valence-corrected chi connectivity index (χ0v) is 14.8. The summed E-state index contributed by atoms with van der Waals surface area (Å²) in [5.74, 6) is 1.01. The predicted molar refractivity (Wildman–Crippen MR) is 92.4 cm³/mol. The van der Waals surface area contributed by atoms with Crippen LogP contribution in [0.1, 0.15) is 39.5 Å². The molecule has 128 valence electrons. The molecule has 2 aromatic rings. The molecule has 24 heavy (non-hydrogen) atoms. The maximum Gasteiger partial charge on any atom is 0.277 e. The number of nitrogens with one attached hydrogen (secondary N) is 1. The Hall–Kier alpha value is -1.89. The van der Waals surface area contributed by atoms with Gasteiger partial charge in [0.2, 0.25) is 11.8 Å². The van der Waals surface area contributed by atoms with E-state index in [4.69, 9.17) is 4.42 Å². The number of amides is 1. The summed E-state index contributed by atoms with van der Waals surface area (Å²) in [6.45, 7) is 4.07. The minimum Gasteiger partial charge on any atom is -0.411 e. The monoisotopic (exact) mass is 346 g/mol. The maximum absolute atomic E-state index is 12.4. The summed E-state index contributed by atoms with van der Waals surface area (Å²) in [5.41, 5.74) is 0.817. The standard InChI is InChI=1S/C17H22N4O2S/c1-11-5-3-4-6-14(11)19-15(22)12(2)24-17-21-20-16(23-17)13-7-9-18-10-8-13/h7-12,14H,3-6H2,1-2H3,(H,19,22). The van der Waals surface area contributed by atoms with Crippen molar-refractivity contribution >= 4 is 17.7 Å². The molecule has 0 spiro atoms. The van der Waals surface area contributed by atoms with E-state index in [1.807, 2.05) is 19.1 Å². The third-order valence-corrected chi connectivity index (χ3v) is 5.35. The van der Waals surface area contributed by atoms with E-state index in [-0.39, 0.29) is 17.2 Å². The van der Waals surface area contributed by atoms with Crippen LogP contribution in [0.4, 0.5) is 0 Å². The molecular weight excluding hydrogens is 324 g/mol. The quantitative estimate of drug-likeness (QED) is 0.837. The van der Waals surface area contributed by atoms with Crippen LogP contribution in [0.2, 0.25) is 0 Å². The summed E-state index contributed by atoms with van der Waals surface area (Å²) >= 11 is 1.29. The third kappa shape index (κ3) is 4.14. The van der Waals surface area contributed by atoms with E-state index in [0.717, 1.165) is 12.0 Å². The van der Waals surface area contributed by atoms with E-state index in [2.05, 4.69) is 27.4 Å². The molecule has 1 fully saturated rings. The zero-order chi connectivity index (χ0) is 16.9. The second-order valence-corrected chi connectivity index (χ2v) is 7.54. The van der Waals surface area contributed by atoms with Crippen molar-refractivity contribution in [1.82, 2.24) is 20.5 Å². The Morgan fingerprint density at radius 3 is 2.79 bits per heavy atom. The largest absolute Gasteiger partial charge is 0.411 e. The first kappa shape index (κ1) is 17.0. The van der Waals surface area contributed by atoms with Crippen LogP contribution in [-0.2, 0) is 4.79 Å². The average molecular weight is 346 g/mol. The minimum atomic E-state index is -0.273. The van der Waals surface area contributed by atoms with E-state index >= 15 is 0 Å². The summed E-state index contributed by atoms with van der Waals surface area (Å²) in [7, 11) is 0. The van der Waals surface area contributed by atoms with E-state index in [1.54, 1.807) is 12.4 Å². The SMILES string of the molecule is CC(Sc1nnc(-c2ccncc2)o1)C(=O)NC1CCCCC1C. The van der Waals surface area contributed by atoms with Crippen LogP contribution in [0.5, 0.6) is 0 Å². The first-order chi connectivity index (χ1) is 11.6. The fourth-order valence-electron chi connectivity index (χ4n) is 2.90. The Balaban J connectivity index is 1.57. The molecule has 1 amide bonds. The number of hydrogen-bond acceptors (Lipinski definition) is 6. The molecule has 1 aliphatic carbocycles. The Morgan fingerprint density at radius 1 is 1.29 bits per heavy atom. The summed E-state index contributed by atoms with van der Waals surface area (Å²) < 4.78 is 5.63. The normalized spacial score (nSPS) is 22.1.